The summed E-state index contributed by atoms with van der Waals surface area (Å²) in [7, 11) is -4.20. The fourth-order valence-corrected chi connectivity index (χ4v) is 5.44. The average molecular weight is 508 g/mol. The molecule has 3 rings (SSSR count). The highest BCUT2D eigenvalue weighted by atomic mass is 31.2. The van der Waals surface area contributed by atoms with Gasteiger partial charge in [-0.15, -0.1) is 0 Å². The van der Waals surface area contributed by atoms with Gasteiger partial charge in [0.2, 0.25) is 7.37 Å². The van der Waals surface area contributed by atoms with E-state index >= 15 is 0 Å². The number of nitrogens with one attached hydrogen (secondary N) is 1. The van der Waals surface area contributed by atoms with Gasteiger partial charge >= 0.3 is 12.1 Å². The first-order chi connectivity index (χ1) is 17.3. The van der Waals surface area contributed by atoms with Crippen molar-refractivity contribution < 1.29 is 28.9 Å². The lowest BCUT2D eigenvalue weighted by Crippen LogP contribution is -2.37. The van der Waals surface area contributed by atoms with Gasteiger partial charge in [0.15, 0.2) is 0 Å². The van der Waals surface area contributed by atoms with Crippen LogP contribution < -0.4 is 5.32 Å². The number of rotatable bonds is 12. The molecule has 3 aromatic rings. The van der Waals surface area contributed by atoms with Gasteiger partial charge in [-0.2, -0.15) is 0 Å². The summed E-state index contributed by atoms with van der Waals surface area (Å²) in [6.07, 6.45) is 1.11. The number of alkyl carbamates (subject to hydrolysis) is 1. The minimum Gasteiger partial charge on any atom is -0.478 e. The van der Waals surface area contributed by atoms with E-state index in [0.29, 0.717) is 12.8 Å². The van der Waals surface area contributed by atoms with E-state index < -0.39 is 31.4 Å². The zero-order chi connectivity index (χ0) is 25.8. The summed E-state index contributed by atoms with van der Waals surface area (Å²) in [5.41, 5.74) is 2.38. The first kappa shape index (κ1) is 26.9. The Labute approximate surface area is 210 Å². The summed E-state index contributed by atoms with van der Waals surface area (Å²) in [4.78, 5) is 35.4. The largest absolute Gasteiger partial charge is 0.478 e. The van der Waals surface area contributed by atoms with E-state index in [9.17, 15) is 24.2 Å². The van der Waals surface area contributed by atoms with Crippen molar-refractivity contribution in [3.63, 3.8) is 0 Å². The molecule has 0 saturated carbocycles. The predicted octanol–water partition coefficient (Wildman–Crippen LogP) is 5.40. The molecule has 0 spiro atoms. The predicted molar refractivity (Wildman–Crippen MR) is 139 cm³/mol. The number of ether oxygens (including phenoxy) is 1. The molecule has 1 unspecified atom stereocenters. The van der Waals surface area contributed by atoms with Crippen LogP contribution in [0.25, 0.3) is 0 Å². The van der Waals surface area contributed by atoms with Gasteiger partial charge in [-0.25, -0.2) is 9.59 Å². The molecule has 0 aliphatic carbocycles. The van der Waals surface area contributed by atoms with Crippen molar-refractivity contribution in [1.29, 1.82) is 0 Å². The second-order valence-corrected chi connectivity index (χ2v) is 10.8. The summed E-state index contributed by atoms with van der Waals surface area (Å²) >= 11 is 0. The quantitative estimate of drug-likeness (QED) is 0.224. The third kappa shape index (κ3) is 8.84. The van der Waals surface area contributed by atoms with Crippen molar-refractivity contribution in [3.8, 4) is 0 Å². The normalized spacial score (nSPS) is 13.9. The molecule has 0 fully saturated rings. The van der Waals surface area contributed by atoms with Crippen molar-refractivity contribution in [2.24, 2.45) is 0 Å². The highest BCUT2D eigenvalue weighted by Gasteiger charge is 2.35. The highest BCUT2D eigenvalue weighted by Crippen LogP contribution is 2.48. The summed E-state index contributed by atoms with van der Waals surface area (Å²) < 4.78 is 18.7. The zero-order valence-electron chi connectivity index (χ0n) is 19.8. The number of benzene rings is 3. The number of carbonyl (C=O) groups is 2. The highest BCUT2D eigenvalue weighted by molar-refractivity contribution is 7.59. The minimum absolute atomic E-state index is 0.000223. The third-order valence-corrected chi connectivity index (χ3v) is 7.67. The fourth-order valence-electron chi connectivity index (χ4n) is 3.66. The first-order valence-corrected chi connectivity index (χ1v) is 13.5. The molecule has 2 atom stereocenters. The fraction of sp³-hybridized carbons (Fsp3) is 0.214. The Morgan fingerprint density at radius 1 is 0.861 bits per heavy atom. The minimum atomic E-state index is -4.20. The Morgan fingerprint density at radius 2 is 1.39 bits per heavy atom. The summed E-state index contributed by atoms with van der Waals surface area (Å²) in [5.74, 6) is -2.48. The lowest BCUT2D eigenvalue weighted by molar-refractivity contribution is -0.132. The number of aryl methyl sites for hydroxylation is 1. The van der Waals surface area contributed by atoms with E-state index in [1.165, 1.54) is 6.08 Å². The summed E-state index contributed by atoms with van der Waals surface area (Å²) in [6, 6.07) is 27.6. The lowest BCUT2D eigenvalue weighted by Gasteiger charge is -2.24. The van der Waals surface area contributed by atoms with Gasteiger partial charge in [0.25, 0.3) is 0 Å². The van der Waals surface area contributed by atoms with Gasteiger partial charge in [0.1, 0.15) is 12.4 Å². The number of carboxylic acid groups (broad SMARTS) is 1. The molecule has 8 heteroatoms. The van der Waals surface area contributed by atoms with Crippen LogP contribution in [0.1, 0.15) is 23.1 Å². The van der Waals surface area contributed by atoms with Crippen LogP contribution >= 0.6 is 7.37 Å². The molecule has 0 bridgehead atoms. The van der Waals surface area contributed by atoms with Gasteiger partial charge in [-0.1, -0.05) is 97.1 Å². The number of hydrogen-bond donors (Lipinski definition) is 3. The molecule has 3 aromatic carbocycles. The molecule has 0 heterocycles. The molecule has 7 nitrogen and oxygen atoms in total. The van der Waals surface area contributed by atoms with E-state index in [1.54, 1.807) is 36.4 Å². The summed E-state index contributed by atoms with van der Waals surface area (Å²) in [5, 5.41) is 12.2. The van der Waals surface area contributed by atoms with Crippen LogP contribution in [0, 0.1) is 0 Å². The van der Waals surface area contributed by atoms with Crippen LogP contribution in [-0.2, 0) is 33.5 Å². The molecule has 0 aliphatic heterocycles. The maximum atomic E-state index is 13.5. The Morgan fingerprint density at radius 3 is 1.94 bits per heavy atom. The third-order valence-electron chi connectivity index (χ3n) is 5.59. The Hall–Kier alpha value is -3.67. The van der Waals surface area contributed by atoms with Gasteiger partial charge in [-0.05, 0) is 29.5 Å². The van der Waals surface area contributed by atoms with Gasteiger partial charge in [-0.3, -0.25) is 4.57 Å². The van der Waals surface area contributed by atoms with Crippen LogP contribution in [0.2, 0.25) is 0 Å². The smallest absolute Gasteiger partial charge is 0.408 e. The van der Waals surface area contributed by atoms with Crippen molar-refractivity contribution >= 4 is 19.4 Å². The molecule has 188 valence electrons. The Balaban J connectivity index is 1.72. The second-order valence-electron chi connectivity index (χ2n) is 8.38. The van der Waals surface area contributed by atoms with Crippen LogP contribution in [0.4, 0.5) is 4.79 Å². The molecule has 0 radical (unpaired) electrons. The van der Waals surface area contributed by atoms with E-state index in [-0.39, 0.29) is 18.6 Å². The second kappa shape index (κ2) is 13.4. The van der Waals surface area contributed by atoms with Crippen LogP contribution in [0.15, 0.2) is 103 Å². The maximum absolute atomic E-state index is 13.5. The summed E-state index contributed by atoms with van der Waals surface area (Å²) in [6.45, 7) is 0.000223. The number of allylic oxidation sites excluding steroid dienone is 1. The van der Waals surface area contributed by atoms with E-state index in [4.69, 9.17) is 4.74 Å². The first-order valence-electron chi connectivity index (χ1n) is 11.6. The van der Waals surface area contributed by atoms with Crippen molar-refractivity contribution in [2.45, 2.75) is 31.7 Å². The molecular formula is C28H30NO6P. The monoisotopic (exact) mass is 507 g/mol. The Kier molecular flexibility index (Phi) is 10.0. The lowest BCUT2D eigenvalue weighted by atomic mass is 10.1. The van der Waals surface area contributed by atoms with Gasteiger partial charge in [0, 0.05) is 12.0 Å². The van der Waals surface area contributed by atoms with E-state index in [0.717, 1.165) is 16.7 Å². The molecule has 0 saturated heterocycles. The molecule has 3 N–H and O–H groups in total. The number of carboxylic acids is 1. The molecular weight excluding hydrogens is 477 g/mol. The average Bonchev–Trinajstić information content (AvgIpc) is 2.88. The number of hydrogen-bond acceptors (Lipinski definition) is 4. The van der Waals surface area contributed by atoms with Crippen molar-refractivity contribution in [1.82, 2.24) is 5.32 Å². The van der Waals surface area contributed by atoms with Gasteiger partial charge < -0.3 is 20.1 Å². The van der Waals surface area contributed by atoms with Crippen molar-refractivity contribution in [2.75, 3.05) is 6.16 Å². The number of carbonyl (C=O) groups excluding carboxylic acids is 1. The number of aliphatic carboxylic acids is 1. The SMILES string of the molecule is O=C(N[C@H](Cc1ccccc1)P(=O)(O)C/C(=C/CCc1ccccc1)C(=O)O)OCc1ccccc1. The molecule has 0 aromatic heterocycles. The molecule has 0 aliphatic rings. The Bertz CT molecular complexity index is 1200. The molecule has 1 amide bonds. The van der Waals surface area contributed by atoms with Crippen molar-refractivity contribution in [3.05, 3.63) is 119 Å². The van der Waals surface area contributed by atoms with E-state index in [1.807, 2.05) is 54.6 Å². The standard InChI is InChI=1S/C28H30NO6P/c30-27(31)25(18-10-17-22-11-4-1-5-12-22)21-36(33,34)26(19-23-13-6-2-7-14-23)29-28(32)35-20-24-15-8-3-9-16-24/h1-9,11-16,18,26H,10,17,19-21H2,(H,29,32)(H,30,31)(H,33,34)/b25-18-/t26-/m0/s1. The number of amides is 1. The van der Waals surface area contributed by atoms with Gasteiger partial charge in [0.05, 0.1) is 6.16 Å². The van der Waals surface area contributed by atoms with Crippen LogP contribution in [0.5, 0.6) is 0 Å². The maximum Gasteiger partial charge on any atom is 0.408 e. The van der Waals surface area contributed by atoms with Crippen LogP contribution in [-0.4, -0.2) is 34.0 Å². The zero-order valence-corrected chi connectivity index (χ0v) is 20.7. The molecule has 36 heavy (non-hydrogen) atoms. The van der Waals surface area contributed by atoms with E-state index in [2.05, 4.69) is 5.32 Å². The van der Waals surface area contributed by atoms with Crippen LogP contribution in [0.3, 0.4) is 0 Å². The topological polar surface area (TPSA) is 113 Å².